The number of methoxy groups -OCH3 is 1. The van der Waals surface area contributed by atoms with Gasteiger partial charge in [-0.1, -0.05) is 12.0 Å². The summed E-state index contributed by atoms with van der Waals surface area (Å²) in [4.78, 5) is 11.1. The Bertz CT molecular complexity index is 621. The van der Waals surface area contributed by atoms with Crippen molar-refractivity contribution in [2.75, 3.05) is 20.2 Å². The molecule has 0 bridgehead atoms. The molecule has 1 aromatic carbocycles. The highest BCUT2D eigenvalue weighted by molar-refractivity contribution is 5.89. The van der Waals surface area contributed by atoms with Gasteiger partial charge in [0.15, 0.2) is 0 Å². The number of fused-ring (bicyclic) bond motifs is 1. The summed E-state index contributed by atoms with van der Waals surface area (Å²) in [7, 11) is 1.33. The number of piperidine rings is 1. The molecule has 0 saturated carbocycles. The minimum Gasteiger partial charge on any atom is -0.459 e. The third-order valence-electron chi connectivity index (χ3n) is 4.78. The molecule has 21 heavy (non-hydrogen) atoms. The van der Waals surface area contributed by atoms with Gasteiger partial charge in [0.05, 0.1) is 7.11 Å². The highest BCUT2D eigenvalue weighted by Crippen LogP contribution is 2.49. The monoisotopic (exact) mass is 284 g/mol. The van der Waals surface area contributed by atoms with Crippen molar-refractivity contribution in [1.82, 2.24) is 5.32 Å². The van der Waals surface area contributed by atoms with Gasteiger partial charge in [-0.15, -0.1) is 0 Å². The van der Waals surface area contributed by atoms with Crippen molar-refractivity contribution in [3.8, 4) is 11.8 Å². The topological polar surface area (TPSA) is 64.3 Å². The van der Waals surface area contributed by atoms with Gasteiger partial charge in [-0.3, -0.25) is 0 Å². The second-order valence-electron chi connectivity index (χ2n) is 5.92. The molecule has 0 aromatic heterocycles. The number of carbonyl (C=O) groups excluding carboxylic acids is 1. The fraction of sp³-hybridized carbons (Fsp3) is 0.471. The Morgan fingerprint density at radius 2 is 2.19 bits per heavy atom. The number of hydrogen-bond donors (Lipinski definition) is 2. The lowest BCUT2D eigenvalue weighted by atomic mass is 9.73. The van der Waals surface area contributed by atoms with E-state index >= 15 is 0 Å². The van der Waals surface area contributed by atoms with E-state index in [0.717, 1.165) is 37.9 Å². The second-order valence-corrected chi connectivity index (χ2v) is 5.92. The molecule has 0 radical (unpaired) electrons. The summed E-state index contributed by atoms with van der Waals surface area (Å²) in [5.41, 5.74) is 10.1. The summed E-state index contributed by atoms with van der Waals surface area (Å²) in [5, 5.41) is 3.40. The number of hydrogen-bond acceptors (Lipinski definition) is 4. The van der Waals surface area contributed by atoms with Crippen LogP contribution in [0.5, 0.6) is 0 Å². The van der Waals surface area contributed by atoms with Crippen LogP contribution in [0.1, 0.15) is 35.6 Å². The maximum absolute atomic E-state index is 11.1. The fourth-order valence-electron chi connectivity index (χ4n) is 3.53. The molecular formula is C17H20N2O2. The molecule has 1 aliphatic carbocycles. The third kappa shape index (κ3) is 2.55. The summed E-state index contributed by atoms with van der Waals surface area (Å²) in [6, 6.07) is 6.16. The number of nitrogens with two attached hydrogens (primary N) is 1. The van der Waals surface area contributed by atoms with Crippen molar-refractivity contribution in [1.29, 1.82) is 0 Å². The van der Waals surface area contributed by atoms with Gasteiger partial charge < -0.3 is 15.8 Å². The first-order valence-electron chi connectivity index (χ1n) is 7.34. The van der Waals surface area contributed by atoms with Gasteiger partial charge in [-0.25, -0.2) is 4.79 Å². The average molecular weight is 284 g/mol. The predicted octanol–water partition coefficient (Wildman–Crippen LogP) is 1.14. The van der Waals surface area contributed by atoms with Crippen molar-refractivity contribution in [2.24, 2.45) is 11.1 Å². The van der Waals surface area contributed by atoms with Gasteiger partial charge >= 0.3 is 5.97 Å². The fourth-order valence-corrected chi connectivity index (χ4v) is 3.53. The van der Waals surface area contributed by atoms with Gasteiger partial charge in [-0.05, 0) is 61.0 Å². The van der Waals surface area contributed by atoms with Crippen molar-refractivity contribution in [3.63, 3.8) is 0 Å². The molecule has 1 aromatic rings. The largest absolute Gasteiger partial charge is 0.459 e. The number of carbonyl (C=O) groups is 1. The SMILES string of the molecule is COC(=O)C#Cc1ccc2c(c1)[C@@H](N)C1(CCNCC1)C2. The number of ether oxygens (including phenoxy) is 1. The Balaban J connectivity index is 1.88. The minimum atomic E-state index is -0.519. The molecule has 3 rings (SSSR count). The number of rotatable bonds is 0. The first-order chi connectivity index (χ1) is 10.1. The van der Waals surface area contributed by atoms with E-state index in [1.54, 1.807) is 0 Å². The Kier molecular flexibility index (Phi) is 3.71. The molecule has 0 unspecified atom stereocenters. The molecule has 4 heteroatoms. The zero-order chi connectivity index (χ0) is 14.9. The van der Waals surface area contributed by atoms with Crippen LogP contribution in [-0.2, 0) is 16.0 Å². The zero-order valence-electron chi connectivity index (χ0n) is 12.2. The van der Waals surface area contributed by atoms with Crippen LogP contribution in [0.4, 0.5) is 0 Å². The summed E-state index contributed by atoms with van der Waals surface area (Å²) in [6.07, 6.45) is 3.29. The van der Waals surface area contributed by atoms with Gasteiger partial charge in [0.2, 0.25) is 0 Å². The lowest BCUT2D eigenvalue weighted by molar-refractivity contribution is -0.133. The quantitative estimate of drug-likeness (QED) is 0.554. The van der Waals surface area contributed by atoms with Crippen LogP contribution in [0.2, 0.25) is 0 Å². The van der Waals surface area contributed by atoms with Crippen LogP contribution >= 0.6 is 0 Å². The van der Waals surface area contributed by atoms with Crippen molar-refractivity contribution >= 4 is 5.97 Å². The summed E-state index contributed by atoms with van der Waals surface area (Å²) in [6.45, 7) is 2.08. The normalized spacial score (nSPS) is 22.3. The molecule has 1 spiro atoms. The maximum Gasteiger partial charge on any atom is 0.384 e. The van der Waals surface area contributed by atoms with Crippen molar-refractivity contribution in [3.05, 3.63) is 34.9 Å². The smallest absolute Gasteiger partial charge is 0.384 e. The number of benzene rings is 1. The van der Waals surface area contributed by atoms with Crippen LogP contribution in [0.3, 0.4) is 0 Å². The third-order valence-corrected chi connectivity index (χ3v) is 4.78. The molecule has 2 aliphatic rings. The van der Waals surface area contributed by atoms with E-state index in [2.05, 4.69) is 28.0 Å². The van der Waals surface area contributed by atoms with Crippen LogP contribution in [-0.4, -0.2) is 26.2 Å². The van der Waals surface area contributed by atoms with Gasteiger partial charge in [0, 0.05) is 17.5 Å². The van der Waals surface area contributed by atoms with E-state index in [9.17, 15) is 4.79 Å². The lowest BCUT2D eigenvalue weighted by Gasteiger charge is -2.37. The molecule has 1 heterocycles. The number of nitrogens with one attached hydrogen (secondary N) is 1. The average Bonchev–Trinajstić information content (AvgIpc) is 2.78. The Morgan fingerprint density at radius 1 is 1.43 bits per heavy atom. The molecule has 1 fully saturated rings. The second kappa shape index (κ2) is 5.51. The molecular weight excluding hydrogens is 264 g/mol. The van der Waals surface area contributed by atoms with Crippen molar-refractivity contribution < 1.29 is 9.53 Å². The lowest BCUT2D eigenvalue weighted by Crippen LogP contribution is -2.42. The van der Waals surface area contributed by atoms with Crippen LogP contribution < -0.4 is 11.1 Å². The molecule has 1 atom stereocenters. The zero-order valence-corrected chi connectivity index (χ0v) is 12.2. The molecule has 1 saturated heterocycles. The van der Waals surface area contributed by atoms with Gasteiger partial charge in [0.25, 0.3) is 0 Å². The number of esters is 1. The van der Waals surface area contributed by atoms with Gasteiger partial charge in [0.1, 0.15) is 0 Å². The van der Waals surface area contributed by atoms with E-state index < -0.39 is 5.97 Å². The van der Waals surface area contributed by atoms with Gasteiger partial charge in [-0.2, -0.15) is 0 Å². The van der Waals surface area contributed by atoms with Crippen LogP contribution in [0, 0.1) is 17.3 Å². The standard InChI is InChI=1S/C17H20N2O2/c1-21-15(20)5-3-12-2-4-13-11-17(6-8-19-9-7-17)16(18)14(13)10-12/h2,4,10,16,19H,6-9,11,18H2,1H3/t16-/m1/s1. The predicted molar refractivity (Wildman–Crippen MR) is 80.5 cm³/mol. The van der Waals surface area contributed by atoms with E-state index in [1.807, 2.05) is 12.1 Å². The van der Waals surface area contributed by atoms with E-state index in [1.165, 1.54) is 18.2 Å². The highest BCUT2D eigenvalue weighted by Gasteiger charge is 2.44. The molecule has 110 valence electrons. The Hall–Kier alpha value is -1.83. The summed E-state index contributed by atoms with van der Waals surface area (Å²) in [5.74, 6) is 4.79. The van der Waals surface area contributed by atoms with E-state index in [-0.39, 0.29) is 11.5 Å². The summed E-state index contributed by atoms with van der Waals surface area (Å²) < 4.78 is 4.53. The van der Waals surface area contributed by atoms with Crippen LogP contribution in [0.15, 0.2) is 18.2 Å². The van der Waals surface area contributed by atoms with E-state index in [0.29, 0.717) is 0 Å². The molecule has 3 N–H and O–H groups in total. The van der Waals surface area contributed by atoms with Crippen molar-refractivity contribution in [2.45, 2.75) is 25.3 Å². The van der Waals surface area contributed by atoms with Crippen LogP contribution in [0.25, 0.3) is 0 Å². The molecule has 1 aliphatic heterocycles. The summed E-state index contributed by atoms with van der Waals surface area (Å²) >= 11 is 0. The molecule has 0 amide bonds. The molecule has 4 nitrogen and oxygen atoms in total. The highest BCUT2D eigenvalue weighted by atomic mass is 16.5. The minimum absolute atomic E-state index is 0.0643. The Morgan fingerprint density at radius 3 is 2.90 bits per heavy atom. The first kappa shape index (κ1) is 14.1. The first-order valence-corrected chi connectivity index (χ1v) is 7.34. The van der Waals surface area contributed by atoms with E-state index in [4.69, 9.17) is 5.73 Å². The Labute approximate surface area is 125 Å². The maximum atomic E-state index is 11.1.